The predicted molar refractivity (Wildman–Crippen MR) is 92.6 cm³/mol. The Bertz CT molecular complexity index is 984. The number of hydrogen-bond acceptors (Lipinski definition) is 7. The smallest absolute Gasteiger partial charge is 0.138 e. The molecule has 124 valence electrons. The minimum absolute atomic E-state index is 0.360. The Labute approximate surface area is 143 Å². The number of benzene rings is 1. The van der Waals surface area contributed by atoms with Gasteiger partial charge in [-0.2, -0.15) is 0 Å². The van der Waals surface area contributed by atoms with Crippen molar-refractivity contribution in [2.75, 3.05) is 5.32 Å². The molecule has 25 heavy (non-hydrogen) atoms. The van der Waals surface area contributed by atoms with Gasteiger partial charge in [0.2, 0.25) is 0 Å². The van der Waals surface area contributed by atoms with Crippen molar-refractivity contribution in [3.05, 3.63) is 66.7 Å². The van der Waals surface area contributed by atoms with E-state index in [1.165, 1.54) is 6.26 Å². The molecule has 7 nitrogen and oxygen atoms in total. The predicted octanol–water partition coefficient (Wildman–Crippen LogP) is 3.64. The van der Waals surface area contributed by atoms with Crippen LogP contribution in [-0.4, -0.2) is 20.1 Å². The molecule has 0 unspecified atom stereocenters. The van der Waals surface area contributed by atoms with Gasteiger partial charge in [0.15, 0.2) is 0 Å². The monoisotopic (exact) mass is 333 g/mol. The molecule has 0 amide bonds. The molecule has 0 saturated carbocycles. The van der Waals surface area contributed by atoms with E-state index in [4.69, 9.17) is 9.26 Å². The highest BCUT2D eigenvalue weighted by Gasteiger charge is 2.06. The second kappa shape index (κ2) is 6.56. The van der Waals surface area contributed by atoms with E-state index in [0.717, 1.165) is 39.5 Å². The molecule has 3 heterocycles. The molecule has 0 bridgehead atoms. The van der Waals surface area contributed by atoms with E-state index in [1.54, 1.807) is 24.7 Å². The van der Waals surface area contributed by atoms with E-state index in [0.29, 0.717) is 6.61 Å². The third-order valence-corrected chi connectivity index (χ3v) is 3.66. The molecule has 0 atom stereocenters. The minimum Gasteiger partial charge on any atom is -0.487 e. The number of rotatable bonds is 5. The number of anilines is 2. The molecule has 7 heteroatoms. The number of nitrogens with zero attached hydrogens (tertiary/aromatic N) is 4. The lowest BCUT2D eigenvalue weighted by molar-refractivity contribution is 0.289. The van der Waals surface area contributed by atoms with Gasteiger partial charge in [-0.1, -0.05) is 5.16 Å². The Morgan fingerprint density at radius 2 is 1.96 bits per heavy atom. The van der Waals surface area contributed by atoms with Crippen molar-refractivity contribution < 1.29 is 9.26 Å². The second-order valence-electron chi connectivity index (χ2n) is 5.47. The molecule has 4 aromatic rings. The lowest BCUT2D eigenvalue weighted by atomic mass is 10.1. The molecule has 4 rings (SSSR count). The summed E-state index contributed by atoms with van der Waals surface area (Å²) in [7, 11) is 0. The maximum atomic E-state index is 5.75. The first-order valence-electron chi connectivity index (χ1n) is 7.74. The van der Waals surface area contributed by atoms with E-state index < -0.39 is 0 Å². The van der Waals surface area contributed by atoms with Crippen molar-refractivity contribution in [3.8, 4) is 5.75 Å². The van der Waals surface area contributed by atoms with Gasteiger partial charge in [0.05, 0.1) is 18.1 Å². The Balaban J connectivity index is 1.57. The summed E-state index contributed by atoms with van der Waals surface area (Å²) in [6.45, 7) is 2.21. The maximum absolute atomic E-state index is 5.75. The molecule has 1 N–H and O–H groups in total. The van der Waals surface area contributed by atoms with Crippen molar-refractivity contribution >= 4 is 22.3 Å². The number of nitrogens with one attached hydrogen (secondary N) is 1. The van der Waals surface area contributed by atoms with Gasteiger partial charge in [0.1, 0.15) is 36.0 Å². The molecule has 3 aromatic heterocycles. The zero-order chi connectivity index (χ0) is 17.1. The van der Waals surface area contributed by atoms with Crippen LogP contribution in [0.25, 0.3) is 10.8 Å². The van der Waals surface area contributed by atoms with Crippen molar-refractivity contribution in [2.24, 2.45) is 0 Å². The van der Waals surface area contributed by atoms with Gasteiger partial charge in [-0.25, -0.2) is 15.0 Å². The van der Waals surface area contributed by atoms with Gasteiger partial charge < -0.3 is 14.6 Å². The number of aryl methyl sites for hydroxylation is 1. The van der Waals surface area contributed by atoms with Crippen molar-refractivity contribution in [1.82, 2.24) is 20.1 Å². The van der Waals surface area contributed by atoms with Gasteiger partial charge in [0, 0.05) is 17.6 Å². The Morgan fingerprint density at radius 3 is 2.76 bits per heavy atom. The van der Waals surface area contributed by atoms with Gasteiger partial charge in [-0.15, -0.1) is 0 Å². The fraction of sp³-hybridized carbons (Fsp3) is 0.111. The van der Waals surface area contributed by atoms with Gasteiger partial charge in [-0.3, -0.25) is 0 Å². The number of ether oxygens (including phenoxy) is 1. The third kappa shape index (κ3) is 3.40. The largest absolute Gasteiger partial charge is 0.487 e. The molecular formula is C18H15N5O2. The van der Waals surface area contributed by atoms with Crippen LogP contribution >= 0.6 is 0 Å². The number of fused-ring (bicyclic) bond motifs is 1. The summed E-state index contributed by atoms with van der Waals surface area (Å²) in [6.07, 6.45) is 6.75. The summed E-state index contributed by atoms with van der Waals surface area (Å²) < 4.78 is 10.5. The summed E-state index contributed by atoms with van der Waals surface area (Å²) in [5, 5.41) is 9.08. The number of pyridine rings is 1. The van der Waals surface area contributed by atoms with Crippen LogP contribution in [0.1, 0.15) is 11.5 Å². The highest BCUT2D eigenvalue weighted by Crippen LogP contribution is 2.27. The Morgan fingerprint density at radius 1 is 1.08 bits per heavy atom. The first-order valence-corrected chi connectivity index (χ1v) is 7.74. The topological polar surface area (TPSA) is 86.0 Å². The van der Waals surface area contributed by atoms with E-state index in [-0.39, 0.29) is 0 Å². The average molecular weight is 333 g/mol. The first-order chi connectivity index (χ1) is 12.3. The second-order valence-corrected chi connectivity index (χ2v) is 5.47. The van der Waals surface area contributed by atoms with E-state index in [1.807, 2.05) is 31.2 Å². The molecule has 0 fully saturated rings. The fourth-order valence-electron chi connectivity index (χ4n) is 2.41. The zero-order valence-corrected chi connectivity index (χ0v) is 13.5. The number of aromatic nitrogens is 4. The zero-order valence-electron chi connectivity index (χ0n) is 13.5. The van der Waals surface area contributed by atoms with E-state index >= 15 is 0 Å². The van der Waals surface area contributed by atoms with Crippen LogP contribution < -0.4 is 10.1 Å². The van der Waals surface area contributed by atoms with Crippen molar-refractivity contribution in [1.29, 1.82) is 0 Å². The summed E-state index contributed by atoms with van der Waals surface area (Å²) in [5.74, 6) is 2.23. The normalized spacial score (nSPS) is 10.8. The molecule has 1 aromatic carbocycles. The van der Waals surface area contributed by atoms with Crippen molar-refractivity contribution in [3.63, 3.8) is 0 Å². The van der Waals surface area contributed by atoms with Gasteiger partial charge in [0.25, 0.3) is 0 Å². The quantitative estimate of drug-likeness (QED) is 0.596. The van der Waals surface area contributed by atoms with E-state index in [9.17, 15) is 0 Å². The third-order valence-electron chi connectivity index (χ3n) is 3.66. The van der Waals surface area contributed by atoms with Crippen LogP contribution in [0.15, 0.2) is 59.7 Å². The molecule has 0 spiro atoms. The summed E-state index contributed by atoms with van der Waals surface area (Å²) in [4.78, 5) is 12.8. The molecule has 0 saturated heterocycles. The molecular weight excluding hydrogens is 318 g/mol. The highest BCUT2D eigenvalue weighted by molar-refractivity contribution is 5.93. The first kappa shape index (κ1) is 15.1. The van der Waals surface area contributed by atoms with Gasteiger partial charge >= 0.3 is 0 Å². The molecule has 0 radical (unpaired) electrons. The summed E-state index contributed by atoms with van der Waals surface area (Å²) in [5.41, 5.74) is 1.54. The maximum Gasteiger partial charge on any atom is 0.138 e. The fourth-order valence-corrected chi connectivity index (χ4v) is 2.41. The van der Waals surface area contributed by atoms with Crippen LogP contribution in [0, 0.1) is 6.92 Å². The van der Waals surface area contributed by atoms with E-state index in [2.05, 4.69) is 25.4 Å². The molecule has 0 aliphatic rings. The molecule has 0 aliphatic carbocycles. The van der Waals surface area contributed by atoms with Crippen LogP contribution in [0.5, 0.6) is 5.75 Å². The van der Waals surface area contributed by atoms with Crippen LogP contribution in [0.3, 0.4) is 0 Å². The van der Waals surface area contributed by atoms with Crippen molar-refractivity contribution in [2.45, 2.75) is 13.5 Å². The Hall–Kier alpha value is -3.48. The standard InChI is InChI=1S/C18H15N5O2/c1-12-20-9-15(10-21-12)22-18-17-3-2-16(8-13(17)4-6-19-18)24-11-14-5-7-25-23-14/h2-10H,11H2,1H3,(H,19,22). The SMILES string of the molecule is Cc1ncc(Nc2nccc3cc(OCc4ccon4)ccc23)cn1. The lowest BCUT2D eigenvalue weighted by Gasteiger charge is -2.10. The Kier molecular flexibility index (Phi) is 3.96. The van der Waals surface area contributed by atoms with Crippen LogP contribution in [0.4, 0.5) is 11.5 Å². The van der Waals surface area contributed by atoms with Crippen LogP contribution in [-0.2, 0) is 6.61 Å². The minimum atomic E-state index is 0.360. The average Bonchev–Trinajstić information content (AvgIpc) is 3.15. The highest BCUT2D eigenvalue weighted by atomic mass is 16.5. The summed E-state index contributed by atoms with van der Waals surface area (Å²) in [6, 6.07) is 9.55. The van der Waals surface area contributed by atoms with Gasteiger partial charge in [-0.05, 0) is 36.6 Å². The number of hydrogen-bond donors (Lipinski definition) is 1. The van der Waals surface area contributed by atoms with Crippen LogP contribution in [0.2, 0.25) is 0 Å². The summed E-state index contributed by atoms with van der Waals surface area (Å²) >= 11 is 0. The molecule has 0 aliphatic heterocycles. The lowest BCUT2D eigenvalue weighted by Crippen LogP contribution is -1.98.